The Labute approximate surface area is 185 Å². The maximum atomic E-state index is 13.4. The van der Waals surface area contributed by atoms with Crippen molar-refractivity contribution in [3.8, 4) is 0 Å². The van der Waals surface area contributed by atoms with Crippen molar-refractivity contribution in [2.75, 3.05) is 12.3 Å². The van der Waals surface area contributed by atoms with E-state index in [1.165, 1.54) is 24.8 Å². The van der Waals surface area contributed by atoms with Gasteiger partial charge in [-0.25, -0.2) is 0 Å². The van der Waals surface area contributed by atoms with E-state index in [9.17, 15) is 9.59 Å². The van der Waals surface area contributed by atoms with Crippen LogP contribution in [-0.4, -0.2) is 30.2 Å². The van der Waals surface area contributed by atoms with Gasteiger partial charge >= 0.3 is 0 Å². The fourth-order valence-corrected chi connectivity index (χ4v) is 7.16. The molecule has 4 aliphatic carbocycles. The third kappa shape index (κ3) is 4.87. The molecular weight excluding hydrogens is 392 g/mol. The molecule has 1 aromatic rings. The SMILES string of the molecule is CC(C)C(NC(=O)C12CC3CC(CC(C3)C1)C2)C(=O)NCCSCc1ccccc1. The van der Waals surface area contributed by atoms with E-state index in [0.717, 1.165) is 48.5 Å². The maximum Gasteiger partial charge on any atom is 0.242 e. The number of amides is 2. The molecule has 4 bridgehead atoms. The van der Waals surface area contributed by atoms with Gasteiger partial charge in [-0.15, -0.1) is 0 Å². The third-order valence-corrected chi connectivity index (χ3v) is 8.44. The van der Waals surface area contributed by atoms with E-state index >= 15 is 0 Å². The molecular formula is C25H36N2O2S. The number of carbonyl (C=O) groups excluding carboxylic acids is 2. The highest BCUT2D eigenvalue weighted by molar-refractivity contribution is 7.98. The molecule has 2 amide bonds. The molecule has 0 spiro atoms. The van der Waals surface area contributed by atoms with Gasteiger partial charge in [0.05, 0.1) is 0 Å². The van der Waals surface area contributed by atoms with E-state index in [1.807, 2.05) is 31.7 Å². The predicted octanol–water partition coefficient (Wildman–Crippen LogP) is 4.39. The summed E-state index contributed by atoms with van der Waals surface area (Å²) in [5.74, 6) is 4.21. The van der Waals surface area contributed by atoms with Crippen molar-refractivity contribution in [3.05, 3.63) is 35.9 Å². The molecule has 5 heteroatoms. The van der Waals surface area contributed by atoms with Crippen molar-refractivity contribution in [3.63, 3.8) is 0 Å². The van der Waals surface area contributed by atoms with Gasteiger partial charge in [-0.1, -0.05) is 44.2 Å². The summed E-state index contributed by atoms with van der Waals surface area (Å²) in [6.45, 7) is 4.68. The Balaban J connectivity index is 1.26. The Morgan fingerprint density at radius 1 is 1.03 bits per heavy atom. The first-order chi connectivity index (χ1) is 14.4. The summed E-state index contributed by atoms with van der Waals surface area (Å²) in [5.41, 5.74) is 1.10. The summed E-state index contributed by atoms with van der Waals surface area (Å²) >= 11 is 1.82. The predicted molar refractivity (Wildman–Crippen MR) is 123 cm³/mol. The normalized spacial score (nSPS) is 30.3. The quantitative estimate of drug-likeness (QED) is 0.574. The smallest absolute Gasteiger partial charge is 0.242 e. The van der Waals surface area contributed by atoms with E-state index in [2.05, 4.69) is 34.9 Å². The summed E-state index contributed by atoms with van der Waals surface area (Å²) in [7, 11) is 0. The molecule has 1 unspecified atom stereocenters. The Morgan fingerprint density at radius 2 is 1.63 bits per heavy atom. The van der Waals surface area contributed by atoms with Crippen LogP contribution in [0.15, 0.2) is 30.3 Å². The number of nitrogens with one attached hydrogen (secondary N) is 2. The lowest BCUT2D eigenvalue weighted by Gasteiger charge is -2.55. The van der Waals surface area contributed by atoms with Crippen LogP contribution in [0.5, 0.6) is 0 Å². The number of thioether (sulfide) groups is 1. The largest absolute Gasteiger partial charge is 0.353 e. The van der Waals surface area contributed by atoms with E-state index in [1.54, 1.807) is 0 Å². The molecule has 4 aliphatic rings. The lowest BCUT2D eigenvalue weighted by molar-refractivity contribution is -0.149. The van der Waals surface area contributed by atoms with Gasteiger partial charge in [0.25, 0.3) is 0 Å². The van der Waals surface area contributed by atoms with Gasteiger partial charge in [0.2, 0.25) is 11.8 Å². The second kappa shape index (κ2) is 9.33. The second-order valence-corrected chi connectivity index (χ2v) is 11.3. The van der Waals surface area contributed by atoms with Gasteiger partial charge in [-0.3, -0.25) is 9.59 Å². The summed E-state index contributed by atoms with van der Waals surface area (Å²) < 4.78 is 0. The van der Waals surface area contributed by atoms with E-state index < -0.39 is 6.04 Å². The lowest BCUT2D eigenvalue weighted by Crippen LogP contribution is -2.58. The monoisotopic (exact) mass is 428 g/mol. The Bertz CT molecular complexity index is 713. The van der Waals surface area contributed by atoms with E-state index in [0.29, 0.717) is 6.54 Å². The van der Waals surface area contributed by atoms with Gasteiger partial charge in [0.15, 0.2) is 0 Å². The number of hydrogen-bond acceptors (Lipinski definition) is 3. The van der Waals surface area contributed by atoms with Crippen LogP contribution in [0.4, 0.5) is 0 Å². The fourth-order valence-electron chi connectivity index (χ4n) is 6.34. The van der Waals surface area contributed by atoms with Crippen molar-refractivity contribution in [1.29, 1.82) is 0 Å². The van der Waals surface area contributed by atoms with Crippen molar-refractivity contribution in [2.24, 2.45) is 29.1 Å². The number of benzene rings is 1. The van der Waals surface area contributed by atoms with Crippen molar-refractivity contribution in [1.82, 2.24) is 10.6 Å². The zero-order chi connectivity index (χ0) is 21.1. The van der Waals surface area contributed by atoms with Gasteiger partial charge < -0.3 is 10.6 Å². The Hall–Kier alpha value is -1.49. The van der Waals surface area contributed by atoms with Crippen LogP contribution in [0.3, 0.4) is 0 Å². The molecule has 1 aromatic carbocycles. The number of carbonyl (C=O) groups is 2. The van der Waals surface area contributed by atoms with Crippen LogP contribution in [-0.2, 0) is 15.3 Å². The molecule has 4 nitrogen and oxygen atoms in total. The molecule has 30 heavy (non-hydrogen) atoms. The molecule has 164 valence electrons. The first kappa shape index (κ1) is 21.7. The summed E-state index contributed by atoms with van der Waals surface area (Å²) in [5, 5.41) is 6.24. The summed E-state index contributed by atoms with van der Waals surface area (Å²) in [6, 6.07) is 9.94. The van der Waals surface area contributed by atoms with Crippen LogP contribution >= 0.6 is 11.8 Å². The van der Waals surface area contributed by atoms with Gasteiger partial charge in [0.1, 0.15) is 6.04 Å². The summed E-state index contributed by atoms with van der Waals surface area (Å²) in [6.07, 6.45) is 7.07. The van der Waals surface area contributed by atoms with Crippen LogP contribution in [0, 0.1) is 29.1 Å². The highest BCUT2D eigenvalue weighted by Gasteiger charge is 2.55. The second-order valence-electron chi connectivity index (χ2n) is 10.2. The molecule has 5 rings (SSSR count). The van der Waals surface area contributed by atoms with Gasteiger partial charge in [-0.05, 0) is 67.8 Å². The minimum Gasteiger partial charge on any atom is -0.353 e. The van der Waals surface area contributed by atoms with Crippen molar-refractivity contribution < 1.29 is 9.59 Å². The highest BCUT2D eigenvalue weighted by atomic mass is 32.2. The zero-order valence-corrected chi connectivity index (χ0v) is 19.2. The standard InChI is InChI=1S/C25H36N2O2S/c1-17(2)22(23(28)26-8-9-30-16-18-6-4-3-5-7-18)27-24(29)25-13-19-10-20(14-25)12-21(11-19)15-25/h3-7,17,19-22H,8-16H2,1-2H3,(H,26,28)(H,27,29). The van der Waals surface area contributed by atoms with Crippen LogP contribution in [0.25, 0.3) is 0 Å². The van der Waals surface area contributed by atoms with Crippen LogP contribution < -0.4 is 10.6 Å². The minimum absolute atomic E-state index is 0.0385. The van der Waals surface area contributed by atoms with Crippen LogP contribution in [0.2, 0.25) is 0 Å². The fraction of sp³-hybridized carbons (Fsp3) is 0.680. The summed E-state index contributed by atoms with van der Waals surface area (Å²) in [4.78, 5) is 26.2. The first-order valence-corrected chi connectivity index (χ1v) is 12.8. The Morgan fingerprint density at radius 3 is 2.20 bits per heavy atom. The first-order valence-electron chi connectivity index (χ1n) is 11.7. The number of hydrogen-bond donors (Lipinski definition) is 2. The van der Waals surface area contributed by atoms with Gasteiger partial charge in [-0.2, -0.15) is 11.8 Å². The molecule has 0 saturated heterocycles. The minimum atomic E-state index is -0.440. The average Bonchev–Trinajstić information content (AvgIpc) is 2.71. The lowest BCUT2D eigenvalue weighted by atomic mass is 9.49. The van der Waals surface area contributed by atoms with E-state index in [4.69, 9.17) is 0 Å². The molecule has 0 heterocycles. The number of rotatable bonds is 9. The Kier molecular flexibility index (Phi) is 6.76. The topological polar surface area (TPSA) is 58.2 Å². The zero-order valence-electron chi connectivity index (χ0n) is 18.4. The molecule has 2 N–H and O–H groups in total. The van der Waals surface area contributed by atoms with E-state index in [-0.39, 0.29) is 23.1 Å². The molecule has 0 aromatic heterocycles. The highest BCUT2D eigenvalue weighted by Crippen LogP contribution is 2.60. The molecule has 4 saturated carbocycles. The van der Waals surface area contributed by atoms with Crippen molar-refractivity contribution >= 4 is 23.6 Å². The molecule has 4 fully saturated rings. The molecule has 1 atom stereocenters. The third-order valence-electron chi connectivity index (χ3n) is 7.41. The van der Waals surface area contributed by atoms with Crippen LogP contribution in [0.1, 0.15) is 57.9 Å². The average molecular weight is 429 g/mol. The molecule has 0 aliphatic heterocycles. The molecule has 0 radical (unpaired) electrons. The van der Waals surface area contributed by atoms with Gasteiger partial charge in [0, 0.05) is 23.5 Å². The maximum absolute atomic E-state index is 13.4. The van der Waals surface area contributed by atoms with Crippen molar-refractivity contribution in [2.45, 2.75) is 64.2 Å².